The molecule has 0 spiro atoms. The van der Waals surface area contributed by atoms with Crippen LogP contribution in [-0.2, 0) is 9.53 Å². The summed E-state index contributed by atoms with van der Waals surface area (Å²) in [6, 6.07) is 1.47. The van der Waals surface area contributed by atoms with E-state index in [2.05, 4.69) is 0 Å². The third kappa shape index (κ3) is 4.05. The highest BCUT2D eigenvalue weighted by Crippen LogP contribution is 2.38. The maximum Gasteiger partial charge on any atom is 0.415 e. The standard InChI is InChI=1S/C19H23F2NO4S/c1-2-3-4-15-17(18(23)24)26-19(25)22(15)12-9-13(20)16(14(21)10-12)11-5-7-27-8-6-11/h9-11,15,17H,2-8H2,1H3,(H,23,24)/t15?,17-/m1/s1. The number of benzene rings is 1. The number of halogens is 2. The molecule has 2 saturated heterocycles. The summed E-state index contributed by atoms with van der Waals surface area (Å²) in [7, 11) is 0. The summed E-state index contributed by atoms with van der Waals surface area (Å²) < 4.78 is 34.5. The molecule has 1 unspecified atom stereocenters. The molecule has 0 saturated carbocycles. The fourth-order valence-corrected chi connectivity index (χ4v) is 4.91. The van der Waals surface area contributed by atoms with Crippen molar-refractivity contribution < 1.29 is 28.2 Å². The largest absolute Gasteiger partial charge is 0.478 e. The van der Waals surface area contributed by atoms with Gasteiger partial charge in [-0.3, -0.25) is 4.90 Å². The average molecular weight is 399 g/mol. The number of nitrogens with zero attached hydrogens (tertiary/aromatic N) is 1. The van der Waals surface area contributed by atoms with Crippen LogP contribution in [0.4, 0.5) is 19.3 Å². The number of aliphatic carboxylic acids is 1. The molecule has 1 N–H and O–H groups in total. The molecular formula is C19H23F2NO4S. The van der Waals surface area contributed by atoms with E-state index >= 15 is 0 Å². The van der Waals surface area contributed by atoms with Gasteiger partial charge in [0.2, 0.25) is 6.10 Å². The van der Waals surface area contributed by atoms with Gasteiger partial charge in [0.1, 0.15) is 11.6 Å². The minimum atomic E-state index is -1.34. The van der Waals surface area contributed by atoms with Crippen molar-refractivity contribution in [1.82, 2.24) is 0 Å². The lowest BCUT2D eigenvalue weighted by Crippen LogP contribution is -2.40. The Hall–Kier alpha value is -1.83. The van der Waals surface area contributed by atoms with E-state index in [4.69, 9.17) is 4.74 Å². The smallest absolute Gasteiger partial charge is 0.415 e. The topological polar surface area (TPSA) is 66.8 Å². The van der Waals surface area contributed by atoms with E-state index in [0.29, 0.717) is 25.7 Å². The van der Waals surface area contributed by atoms with Crippen LogP contribution in [0.1, 0.15) is 50.5 Å². The average Bonchev–Trinajstić information content (AvgIpc) is 2.96. The Morgan fingerprint density at radius 1 is 1.30 bits per heavy atom. The number of ether oxygens (including phenoxy) is 1. The van der Waals surface area contributed by atoms with Gasteiger partial charge in [-0.25, -0.2) is 18.4 Å². The van der Waals surface area contributed by atoms with Gasteiger partial charge in [-0.1, -0.05) is 19.8 Å². The first-order chi connectivity index (χ1) is 12.9. The maximum absolute atomic E-state index is 14.8. The van der Waals surface area contributed by atoms with Crippen LogP contribution in [0.5, 0.6) is 0 Å². The minimum Gasteiger partial charge on any atom is -0.478 e. The molecule has 1 aromatic rings. The second-order valence-electron chi connectivity index (χ2n) is 6.93. The van der Waals surface area contributed by atoms with Gasteiger partial charge in [0, 0.05) is 5.56 Å². The van der Waals surface area contributed by atoms with Crippen molar-refractivity contribution in [2.75, 3.05) is 16.4 Å². The number of amides is 1. The molecule has 0 bridgehead atoms. The third-order valence-corrected chi connectivity index (χ3v) is 6.22. The number of thioether (sulfide) groups is 1. The highest BCUT2D eigenvalue weighted by atomic mass is 32.2. The van der Waals surface area contributed by atoms with Crippen LogP contribution in [-0.4, -0.2) is 40.8 Å². The van der Waals surface area contributed by atoms with Crippen molar-refractivity contribution in [3.8, 4) is 0 Å². The van der Waals surface area contributed by atoms with Crippen molar-refractivity contribution in [2.24, 2.45) is 0 Å². The Kier molecular flexibility index (Phi) is 6.24. The van der Waals surface area contributed by atoms with Crippen molar-refractivity contribution >= 4 is 29.5 Å². The zero-order chi connectivity index (χ0) is 19.6. The molecule has 8 heteroatoms. The number of carboxylic acids is 1. The van der Waals surface area contributed by atoms with Crippen molar-refractivity contribution in [3.63, 3.8) is 0 Å². The number of carboxylic acid groups (broad SMARTS) is 1. The molecule has 3 rings (SSSR count). The van der Waals surface area contributed by atoms with Crippen LogP contribution in [0, 0.1) is 11.6 Å². The molecule has 0 aliphatic carbocycles. The summed E-state index contributed by atoms with van der Waals surface area (Å²) >= 11 is 1.77. The molecule has 2 atom stereocenters. The lowest BCUT2D eigenvalue weighted by Gasteiger charge is -2.26. The third-order valence-electron chi connectivity index (χ3n) is 5.17. The first-order valence-electron chi connectivity index (χ1n) is 9.23. The normalized spacial score (nSPS) is 23.5. The summed E-state index contributed by atoms with van der Waals surface area (Å²) in [6.07, 6.45) is 1.04. The van der Waals surface area contributed by atoms with Gasteiger partial charge >= 0.3 is 12.1 Å². The number of cyclic esters (lactones) is 1. The number of anilines is 1. The molecule has 2 heterocycles. The Morgan fingerprint density at radius 3 is 2.48 bits per heavy atom. The minimum absolute atomic E-state index is 0.00814. The van der Waals surface area contributed by atoms with Crippen LogP contribution >= 0.6 is 11.8 Å². The fraction of sp³-hybridized carbons (Fsp3) is 0.579. The van der Waals surface area contributed by atoms with E-state index in [-0.39, 0.29) is 17.2 Å². The van der Waals surface area contributed by atoms with Crippen molar-refractivity contribution in [1.29, 1.82) is 0 Å². The summed E-state index contributed by atoms with van der Waals surface area (Å²) in [4.78, 5) is 24.8. The first-order valence-corrected chi connectivity index (χ1v) is 10.4. The van der Waals surface area contributed by atoms with E-state index in [1.807, 2.05) is 6.92 Å². The van der Waals surface area contributed by atoms with Crippen molar-refractivity contribution in [2.45, 2.75) is 57.1 Å². The van der Waals surface area contributed by atoms with Crippen LogP contribution in [0.25, 0.3) is 0 Å². The second kappa shape index (κ2) is 8.46. The predicted molar refractivity (Wildman–Crippen MR) is 99.4 cm³/mol. The van der Waals surface area contributed by atoms with Crippen LogP contribution < -0.4 is 4.90 Å². The van der Waals surface area contributed by atoms with Gasteiger partial charge in [-0.2, -0.15) is 11.8 Å². The SMILES string of the molecule is CCCCC1[C@H](C(=O)O)OC(=O)N1c1cc(F)c(C2CCSCC2)c(F)c1. The Balaban J connectivity index is 1.93. The zero-order valence-corrected chi connectivity index (χ0v) is 15.9. The van der Waals surface area contributed by atoms with E-state index in [1.54, 1.807) is 11.8 Å². The van der Waals surface area contributed by atoms with Gasteiger partial charge in [-0.15, -0.1) is 0 Å². The van der Waals surface area contributed by atoms with Crippen molar-refractivity contribution in [3.05, 3.63) is 29.3 Å². The number of carbonyl (C=O) groups excluding carboxylic acids is 1. The number of carbonyl (C=O) groups is 2. The first kappa shape index (κ1) is 19.9. The molecule has 27 heavy (non-hydrogen) atoms. The number of rotatable bonds is 6. The Labute approximate surface area is 161 Å². The highest BCUT2D eigenvalue weighted by Gasteiger charge is 2.46. The van der Waals surface area contributed by atoms with Gasteiger partial charge < -0.3 is 9.84 Å². The lowest BCUT2D eigenvalue weighted by molar-refractivity contribution is -0.145. The molecule has 148 valence electrons. The Morgan fingerprint density at radius 2 is 1.93 bits per heavy atom. The summed E-state index contributed by atoms with van der Waals surface area (Å²) in [5.41, 5.74) is 0.0697. The molecule has 2 aliphatic rings. The molecule has 1 aromatic carbocycles. The Bertz CT molecular complexity index is 701. The molecular weight excluding hydrogens is 376 g/mol. The van der Waals surface area contributed by atoms with E-state index < -0.39 is 35.8 Å². The quantitative estimate of drug-likeness (QED) is 0.760. The van der Waals surface area contributed by atoms with Gasteiger partial charge in [0.05, 0.1) is 11.7 Å². The zero-order valence-electron chi connectivity index (χ0n) is 15.1. The summed E-state index contributed by atoms with van der Waals surface area (Å²) in [6.45, 7) is 1.94. The lowest BCUT2D eigenvalue weighted by atomic mass is 9.92. The molecule has 1 amide bonds. The molecule has 0 radical (unpaired) electrons. The van der Waals surface area contributed by atoms with Gasteiger partial charge in [0.15, 0.2) is 0 Å². The fourth-order valence-electron chi connectivity index (χ4n) is 3.81. The molecule has 2 aliphatic heterocycles. The highest BCUT2D eigenvalue weighted by molar-refractivity contribution is 7.99. The number of hydrogen-bond donors (Lipinski definition) is 1. The number of unbranched alkanes of at least 4 members (excludes halogenated alkanes) is 1. The second-order valence-corrected chi connectivity index (χ2v) is 8.16. The van der Waals surface area contributed by atoms with E-state index in [0.717, 1.165) is 35.0 Å². The van der Waals surface area contributed by atoms with E-state index in [1.165, 1.54) is 0 Å². The van der Waals surface area contributed by atoms with Gasteiger partial charge in [-0.05, 0) is 48.8 Å². The van der Waals surface area contributed by atoms with Gasteiger partial charge in [0.25, 0.3) is 0 Å². The van der Waals surface area contributed by atoms with Crippen LogP contribution in [0.2, 0.25) is 0 Å². The summed E-state index contributed by atoms with van der Waals surface area (Å²) in [5.74, 6) is -1.09. The monoisotopic (exact) mass is 399 g/mol. The predicted octanol–water partition coefficient (Wildman–Crippen LogP) is 4.54. The maximum atomic E-state index is 14.8. The molecule has 0 aromatic heterocycles. The van der Waals surface area contributed by atoms with Crippen LogP contribution in [0.15, 0.2) is 12.1 Å². The van der Waals surface area contributed by atoms with Crippen LogP contribution in [0.3, 0.4) is 0 Å². The van der Waals surface area contributed by atoms with E-state index in [9.17, 15) is 23.5 Å². The molecule has 2 fully saturated rings. The number of hydrogen-bond acceptors (Lipinski definition) is 4. The molecule has 5 nitrogen and oxygen atoms in total. The summed E-state index contributed by atoms with van der Waals surface area (Å²) in [5, 5.41) is 9.33.